The van der Waals surface area contributed by atoms with Gasteiger partial charge in [-0.15, -0.1) is 0 Å². The van der Waals surface area contributed by atoms with E-state index in [9.17, 15) is 0 Å². The number of hydrogen-bond acceptors (Lipinski definition) is 2. The molecule has 210 valence electrons. The van der Waals surface area contributed by atoms with Gasteiger partial charge in [0.2, 0.25) is 0 Å². The van der Waals surface area contributed by atoms with E-state index in [0.29, 0.717) is 11.8 Å². The number of methoxy groups -OCH3 is 1. The van der Waals surface area contributed by atoms with Crippen LogP contribution in [0.1, 0.15) is 46.0 Å². The number of nitrogens with zero attached hydrogens (tertiary/aromatic N) is 3. The molecule has 4 aromatic carbocycles. The lowest BCUT2D eigenvalue weighted by Crippen LogP contribution is -3.00. The van der Waals surface area contributed by atoms with Crippen molar-refractivity contribution in [1.82, 2.24) is 4.57 Å². The number of imidazole rings is 1. The van der Waals surface area contributed by atoms with Crippen molar-refractivity contribution in [2.75, 3.05) is 25.1 Å². The largest absolute Gasteiger partial charge is 1.00 e. The lowest BCUT2D eigenvalue weighted by molar-refractivity contribution is -0.669. The first-order valence-corrected chi connectivity index (χ1v) is 14.6. The number of anilines is 1. The molecular weight excluding hydrogens is 570 g/mol. The zero-order valence-corrected chi connectivity index (χ0v) is 25.8. The Morgan fingerprint density at radius 2 is 1.59 bits per heavy atom. The number of aryl methyl sites for hydroxylation is 2. The van der Waals surface area contributed by atoms with Crippen LogP contribution >= 0.6 is 0 Å². The molecule has 1 aliphatic carbocycles. The third-order valence-electron chi connectivity index (χ3n) is 9.22. The fourth-order valence-electron chi connectivity index (χ4n) is 7.33. The monoisotopic (exact) mass is 607 g/mol. The Morgan fingerprint density at radius 1 is 0.829 bits per heavy atom. The Kier molecular flexibility index (Phi) is 7.65. The van der Waals surface area contributed by atoms with Gasteiger partial charge in [-0.05, 0) is 59.7 Å². The van der Waals surface area contributed by atoms with Gasteiger partial charge in [0.1, 0.15) is 12.3 Å². The molecule has 0 N–H and O–H groups in total. The smallest absolute Gasteiger partial charge is 0.254 e. The highest BCUT2D eigenvalue weighted by Crippen LogP contribution is 2.51. The van der Waals surface area contributed by atoms with Crippen molar-refractivity contribution in [3.63, 3.8) is 0 Å². The van der Waals surface area contributed by atoms with Gasteiger partial charge in [0.15, 0.2) is 11.0 Å². The number of ether oxygens (including phenoxy) is 1. The van der Waals surface area contributed by atoms with E-state index in [4.69, 9.17) is 4.74 Å². The van der Waals surface area contributed by atoms with E-state index >= 15 is 0 Å². The Labute approximate surface area is 254 Å². The maximum atomic E-state index is 5.94. The molecule has 0 amide bonds. The fraction of sp³-hybridized carbons (Fsp3) is 0.306. The number of hydrogen-bond donors (Lipinski definition) is 0. The van der Waals surface area contributed by atoms with Crippen LogP contribution < -0.4 is 31.2 Å². The van der Waals surface area contributed by atoms with Crippen LogP contribution in [-0.2, 0) is 19.5 Å². The van der Waals surface area contributed by atoms with Gasteiger partial charge in [-0.2, -0.15) is 0 Å². The number of para-hydroxylation sites is 3. The second kappa shape index (κ2) is 11.4. The first-order valence-electron chi connectivity index (χ1n) is 14.6. The molecule has 0 saturated heterocycles. The summed E-state index contributed by atoms with van der Waals surface area (Å²) in [7, 11) is 1.81. The van der Waals surface area contributed by atoms with Crippen molar-refractivity contribution >= 4 is 16.7 Å². The van der Waals surface area contributed by atoms with Crippen molar-refractivity contribution in [2.24, 2.45) is 5.92 Å². The Bertz CT molecular complexity index is 1690. The molecule has 0 radical (unpaired) electrons. The maximum Gasteiger partial charge on any atom is 0.254 e. The summed E-state index contributed by atoms with van der Waals surface area (Å²) < 4.78 is 10.9. The van der Waals surface area contributed by atoms with Crippen molar-refractivity contribution in [2.45, 2.75) is 45.7 Å². The first-order chi connectivity index (χ1) is 19.6. The van der Waals surface area contributed by atoms with Crippen molar-refractivity contribution < 1.29 is 26.3 Å². The molecule has 0 fully saturated rings. The lowest BCUT2D eigenvalue weighted by atomic mass is 9.81. The molecule has 2 heterocycles. The van der Waals surface area contributed by atoms with Gasteiger partial charge in [0.25, 0.3) is 5.82 Å². The molecule has 0 spiro atoms. The summed E-state index contributed by atoms with van der Waals surface area (Å²) in [5.74, 6) is 3.39. The average molecular weight is 609 g/mol. The average Bonchev–Trinajstić information content (AvgIpc) is 3.49. The van der Waals surface area contributed by atoms with Crippen LogP contribution in [0.4, 0.5) is 5.69 Å². The Balaban J connectivity index is 0.00000302. The summed E-state index contributed by atoms with van der Waals surface area (Å²) in [6.45, 7) is 8.38. The summed E-state index contributed by atoms with van der Waals surface area (Å²) in [5.41, 5.74) is 11.0. The van der Waals surface area contributed by atoms with Gasteiger partial charge in [0, 0.05) is 32.4 Å². The van der Waals surface area contributed by atoms with Gasteiger partial charge in [0.05, 0.1) is 19.3 Å². The lowest BCUT2D eigenvalue weighted by Gasteiger charge is -2.39. The van der Waals surface area contributed by atoms with E-state index in [0.717, 1.165) is 44.8 Å². The fourth-order valence-corrected chi connectivity index (χ4v) is 7.33. The molecule has 2 aliphatic rings. The minimum atomic E-state index is 0. The van der Waals surface area contributed by atoms with Crippen LogP contribution in [0.5, 0.6) is 5.75 Å². The van der Waals surface area contributed by atoms with Crippen molar-refractivity contribution in [3.05, 3.63) is 125 Å². The van der Waals surface area contributed by atoms with Gasteiger partial charge in [-0.3, -0.25) is 0 Å². The van der Waals surface area contributed by atoms with Crippen LogP contribution in [0.2, 0.25) is 0 Å². The third-order valence-corrected chi connectivity index (χ3v) is 9.22. The van der Waals surface area contributed by atoms with Gasteiger partial charge in [-0.1, -0.05) is 78.4 Å². The highest BCUT2D eigenvalue weighted by atomic mass is 79.9. The van der Waals surface area contributed by atoms with Crippen LogP contribution in [0, 0.1) is 19.8 Å². The summed E-state index contributed by atoms with van der Waals surface area (Å²) in [6, 6.07) is 33.5. The number of halogens is 1. The topological polar surface area (TPSA) is 21.3 Å². The van der Waals surface area contributed by atoms with Crippen LogP contribution in [-0.4, -0.2) is 24.8 Å². The molecule has 0 bridgehead atoms. The maximum absolute atomic E-state index is 5.94. The molecule has 4 nitrogen and oxygen atoms in total. The summed E-state index contributed by atoms with van der Waals surface area (Å²) >= 11 is 0. The number of fused-ring (bicyclic) bond motifs is 6. The highest BCUT2D eigenvalue weighted by Gasteiger charge is 2.41. The molecule has 7 rings (SSSR count). The summed E-state index contributed by atoms with van der Waals surface area (Å²) in [4.78, 5) is 2.61. The van der Waals surface area contributed by atoms with E-state index in [1.807, 2.05) is 7.11 Å². The second-order valence-electron chi connectivity index (χ2n) is 11.6. The van der Waals surface area contributed by atoms with Crippen LogP contribution in [0.15, 0.2) is 91.0 Å². The molecular formula is C36H38BrN3O. The molecule has 5 aromatic rings. The van der Waals surface area contributed by atoms with Crippen molar-refractivity contribution in [1.29, 1.82) is 0 Å². The normalized spacial score (nSPS) is 17.1. The Morgan fingerprint density at radius 3 is 2.41 bits per heavy atom. The third kappa shape index (κ3) is 4.84. The van der Waals surface area contributed by atoms with Crippen LogP contribution in [0.25, 0.3) is 11.0 Å². The van der Waals surface area contributed by atoms with Gasteiger partial charge in [-0.25, -0.2) is 9.13 Å². The second-order valence-corrected chi connectivity index (χ2v) is 11.6. The Hall–Kier alpha value is -3.57. The van der Waals surface area contributed by atoms with E-state index in [2.05, 4.69) is 119 Å². The summed E-state index contributed by atoms with van der Waals surface area (Å²) in [6.07, 6.45) is 2.24. The number of rotatable bonds is 7. The molecule has 0 saturated carbocycles. The van der Waals surface area contributed by atoms with Crippen LogP contribution in [0.3, 0.4) is 0 Å². The number of aromatic nitrogens is 2. The molecule has 1 aliphatic heterocycles. The van der Waals surface area contributed by atoms with E-state index in [1.165, 1.54) is 50.4 Å². The predicted octanol–water partition coefficient (Wildman–Crippen LogP) is 3.82. The molecule has 5 heteroatoms. The predicted molar refractivity (Wildman–Crippen MR) is 162 cm³/mol. The standard InChI is InChI=1S/C36H38N3O.BrH/c1-25-16-18-27(19-17-25)23-39-26(2)38(32-13-6-7-14-33(32)39)21-9-20-37-24-29-22-28-10-4-5-11-30(28)35(29)31-12-8-15-34(40-3)36(31)37;/h4-8,10-19,29,35H,9,20-24H2,1-3H3;1H/q+1;/p-1/t29-,35+;/m0./s1. The number of benzene rings is 4. The summed E-state index contributed by atoms with van der Waals surface area (Å²) in [5, 5.41) is 0. The minimum absolute atomic E-state index is 0. The SMILES string of the molecule is COc1cccc2c1N(CCCn1c(C)[n+](Cc3ccc(C)cc3)c3ccccc31)C[C@@H]1Cc3ccccc3[C@H]21.[Br-]. The van der Waals surface area contributed by atoms with E-state index in [1.54, 1.807) is 0 Å². The van der Waals surface area contributed by atoms with E-state index in [-0.39, 0.29) is 17.0 Å². The van der Waals surface area contributed by atoms with Gasteiger partial charge < -0.3 is 26.6 Å². The zero-order valence-electron chi connectivity index (χ0n) is 24.2. The first kappa shape index (κ1) is 27.6. The van der Waals surface area contributed by atoms with Gasteiger partial charge >= 0.3 is 0 Å². The zero-order chi connectivity index (χ0) is 27.2. The van der Waals surface area contributed by atoms with Crippen molar-refractivity contribution in [3.8, 4) is 5.75 Å². The molecule has 0 unspecified atom stereocenters. The highest BCUT2D eigenvalue weighted by molar-refractivity contribution is 5.72. The molecule has 41 heavy (non-hydrogen) atoms. The minimum Gasteiger partial charge on any atom is -1.00 e. The van der Waals surface area contributed by atoms with E-state index < -0.39 is 0 Å². The molecule has 1 aromatic heterocycles. The molecule has 2 atom stereocenters. The quantitative estimate of drug-likeness (QED) is 0.262.